The summed E-state index contributed by atoms with van der Waals surface area (Å²) in [6.45, 7) is 5.83. The molecule has 34 heavy (non-hydrogen) atoms. The SMILES string of the molecule is CC(C)n1nc(-c2cc(C(F)(F)F)ccn2)cc1[C@@H]1C2=CC(N3CCC4(C3)CS(=O)(=O)C4)C[C@H]21. The third-order valence-electron chi connectivity index (χ3n) is 7.87. The first-order valence-electron chi connectivity index (χ1n) is 11.7. The molecule has 0 amide bonds. The third kappa shape index (κ3) is 3.61. The fourth-order valence-corrected chi connectivity index (χ4v) is 8.58. The summed E-state index contributed by atoms with van der Waals surface area (Å²) >= 11 is 0. The second-order valence-corrected chi connectivity index (χ2v) is 12.8. The minimum Gasteiger partial charge on any atom is -0.296 e. The van der Waals surface area contributed by atoms with Gasteiger partial charge in [-0.25, -0.2) is 8.42 Å². The minimum absolute atomic E-state index is 0.0351. The van der Waals surface area contributed by atoms with Gasteiger partial charge < -0.3 is 0 Å². The van der Waals surface area contributed by atoms with Gasteiger partial charge in [0.25, 0.3) is 0 Å². The lowest BCUT2D eigenvalue weighted by atomic mass is 9.91. The van der Waals surface area contributed by atoms with Crippen molar-refractivity contribution in [1.29, 1.82) is 0 Å². The standard InChI is InChI=1S/C24H27F3N4O2S/c1-14(2)31-21(10-20(29-31)19-7-15(3-5-28-19)24(25,26)27)22-17-8-16(9-18(17)22)30-6-4-23(11-30)12-34(32,33)13-23/h3,5,7-8,10,14,16,18,22H,4,6,9,11-13H2,1-2H3/t16?,18-,22-/m1/s1. The number of hydrogen-bond acceptors (Lipinski definition) is 5. The Labute approximate surface area is 196 Å². The molecular formula is C24H27F3N4O2S. The second kappa shape index (κ2) is 7.16. The van der Waals surface area contributed by atoms with Crippen LogP contribution in [-0.2, 0) is 16.0 Å². The molecule has 3 atom stereocenters. The predicted octanol–water partition coefficient (Wildman–Crippen LogP) is 4.08. The summed E-state index contributed by atoms with van der Waals surface area (Å²) in [6, 6.07) is 4.35. The first kappa shape index (κ1) is 22.3. The molecule has 4 aliphatic rings. The van der Waals surface area contributed by atoms with Gasteiger partial charge in [-0.1, -0.05) is 11.6 Å². The highest BCUT2D eigenvalue weighted by Crippen LogP contribution is 2.61. The number of sulfone groups is 1. The first-order valence-corrected chi connectivity index (χ1v) is 13.6. The lowest BCUT2D eigenvalue weighted by Crippen LogP contribution is -2.50. The van der Waals surface area contributed by atoms with Gasteiger partial charge >= 0.3 is 6.18 Å². The number of rotatable bonds is 4. The van der Waals surface area contributed by atoms with Gasteiger partial charge in [-0.2, -0.15) is 18.3 Å². The van der Waals surface area contributed by atoms with Crippen LogP contribution in [0.3, 0.4) is 0 Å². The number of nitrogens with zero attached hydrogens (tertiary/aromatic N) is 4. The molecule has 2 aliphatic heterocycles. The molecule has 182 valence electrons. The zero-order valence-corrected chi connectivity index (χ0v) is 19.9. The largest absolute Gasteiger partial charge is 0.416 e. The highest BCUT2D eigenvalue weighted by Gasteiger charge is 2.56. The molecule has 0 radical (unpaired) electrons. The molecule has 2 aliphatic carbocycles. The maximum absolute atomic E-state index is 13.2. The minimum atomic E-state index is -4.42. The van der Waals surface area contributed by atoms with E-state index in [1.807, 2.05) is 24.6 Å². The van der Waals surface area contributed by atoms with E-state index in [1.54, 1.807) is 0 Å². The zero-order valence-electron chi connectivity index (χ0n) is 19.1. The average molecular weight is 493 g/mol. The van der Waals surface area contributed by atoms with Crippen LogP contribution in [0.2, 0.25) is 0 Å². The molecule has 2 aromatic heterocycles. The van der Waals surface area contributed by atoms with Gasteiger partial charge in [-0.05, 0) is 57.4 Å². The fourth-order valence-electron chi connectivity index (χ4n) is 6.33. The van der Waals surface area contributed by atoms with E-state index in [0.29, 0.717) is 29.2 Å². The van der Waals surface area contributed by atoms with Gasteiger partial charge in [-0.3, -0.25) is 14.6 Å². The van der Waals surface area contributed by atoms with E-state index in [9.17, 15) is 21.6 Å². The summed E-state index contributed by atoms with van der Waals surface area (Å²) < 4.78 is 64.8. The van der Waals surface area contributed by atoms with Crippen molar-refractivity contribution in [2.75, 3.05) is 24.6 Å². The number of pyridine rings is 1. The van der Waals surface area contributed by atoms with E-state index in [-0.39, 0.29) is 23.1 Å². The van der Waals surface area contributed by atoms with Gasteiger partial charge in [0.2, 0.25) is 0 Å². The topological polar surface area (TPSA) is 68.1 Å². The number of halogens is 3. The molecule has 1 spiro atoms. The Morgan fingerprint density at radius 2 is 1.94 bits per heavy atom. The Bertz CT molecular complexity index is 1290. The van der Waals surface area contributed by atoms with Gasteiger partial charge in [0.05, 0.1) is 22.8 Å². The quantitative estimate of drug-likeness (QED) is 0.602. The number of alkyl halides is 3. The van der Waals surface area contributed by atoms with Crippen LogP contribution in [0.25, 0.3) is 11.4 Å². The molecule has 1 unspecified atom stereocenters. The van der Waals surface area contributed by atoms with Crippen molar-refractivity contribution >= 4 is 9.84 Å². The molecule has 2 aromatic rings. The number of fused-ring (bicyclic) bond motifs is 1. The maximum Gasteiger partial charge on any atom is 0.416 e. The van der Waals surface area contributed by atoms with Crippen molar-refractivity contribution in [3.63, 3.8) is 0 Å². The van der Waals surface area contributed by atoms with Crippen molar-refractivity contribution in [3.05, 3.63) is 47.3 Å². The van der Waals surface area contributed by atoms with Crippen LogP contribution in [0, 0.1) is 11.3 Å². The number of aromatic nitrogens is 3. The Morgan fingerprint density at radius 1 is 1.18 bits per heavy atom. The molecule has 6 nitrogen and oxygen atoms in total. The van der Waals surface area contributed by atoms with Crippen LogP contribution in [0.1, 0.15) is 49.9 Å². The molecule has 0 bridgehead atoms. The van der Waals surface area contributed by atoms with E-state index >= 15 is 0 Å². The zero-order chi connectivity index (χ0) is 24.0. The van der Waals surface area contributed by atoms with Gasteiger partial charge in [-0.15, -0.1) is 0 Å². The molecule has 2 saturated heterocycles. The van der Waals surface area contributed by atoms with Gasteiger partial charge in [0, 0.05) is 41.9 Å². The summed E-state index contributed by atoms with van der Waals surface area (Å²) in [5.74, 6) is 1.31. The summed E-state index contributed by atoms with van der Waals surface area (Å²) in [7, 11) is -2.83. The van der Waals surface area contributed by atoms with E-state index in [2.05, 4.69) is 21.1 Å². The van der Waals surface area contributed by atoms with Crippen LogP contribution in [0.15, 0.2) is 36.0 Å². The van der Waals surface area contributed by atoms with Crippen LogP contribution < -0.4 is 0 Å². The highest BCUT2D eigenvalue weighted by molar-refractivity contribution is 7.92. The predicted molar refractivity (Wildman–Crippen MR) is 121 cm³/mol. The summed E-state index contributed by atoms with van der Waals surface area (Å²) in [6.07, 6.45) is 1.05. The molecule has 6 rings (SSSR count). The number of hydrogen-bond donors (Lipinski definition) is 0. The number of allylic oxidation sites excluding steroid dienone is 1. The molecule has 0 N–H and O–H groups in total. The lowest BCUT2D eigenvalue weighted by molar-refractivity contribution is -0.137. The van der Waals surface area contributed by atoms with Crippen LogP contribution >= 0.6 is 0 Å². The van der Waals surface area contributed by atoms with Crippen molar-refractivity contribution in [2.45, 2.75) is 50.9 Å². The first-order chi connectivity index (χ1) is 15.9. The highest BCUT2D eigenvalue weighted by atomic mass is 32.2. The fraction of sp³-hybridized carbons (Fsp3) is 0.583. The van der Waals surface area contributed by atoms with E-state index in [4.69, 9.17) is 0 Å². The molecule has 4 heterocycles. The maximum atomic E-state index is 13.2. The Morgan fingerprint density at radius 3 is 2.56 bits per heavy atom. The molecule has 3 fully saturated rings. The molecule has 10 heteroatoms. The van der Waals surface area contributed by atoms with Crippen molar-refractivity contribution in [3.8, 4) is 11.4 Å². The normalized spacial score (nSPS) is 29.4. The Kier molecular flexibility index (Phi) is 4.69. The Balaban J connectivity index is 1.22. The molecule has 0 aromatic carbocycles. The van der Waals surface area contributed by atoms with E-state index in [0.717, 1.165) is 43.8 Å². The number of likely N-dealkylation sites (tertiary alicyclic amines) is 1. The van der Waals surface area contributed by atoms with E-state index < -0.39 is 21.6 Å². The lowest BCUT2D eigenvalue weighted by Gasteiger charge is -2.38. The summed E-state index contributed by atoms with van der Waals surface area (Å²) in [5.41, 5.74) is 2.33. The van der Waals surface area contributed by atoms with Crippen molar-refractivity contribution < 1.29 is 21.6 Å². The van der Waals surface area contributed by atoms with Crippen LogP contribution in [-0.4, -0.2) is 58.7 Å². The van der Waals surface area contributed by atoms with Crippen molar-refractivity contribution in [1.82, 2.24) is 19.7 Å². The molecular weight excluding hydrogens is 465 g/mol. The third-order valence-corrected chi connectivity index (χ3v) is 9.98. The van der Waals surface area contributed by atoms with Gasteiger partial charge in [0.15, 0.2) is 9.84 Å². The van der Waals surface area contributed by atoms with E-state index in [1.165, 1.54) is 11.8 Å². The monoisotopic (exact) mass is 492 g/mol. The summed E-state index contributed by atoms with van der Waals surface area (Å²) in [5, 5.41) is 4.63. The average Bonchev–Trinajstić information content (AvgIpc) is 3.18. The Hall–Kier alpha value is -2.20. The van der Waals surface area contributed by atoms with Crippen LogP contribution in [0.4, 0.5) is 13.2 Å². The van der Waals surface area contributed by atoms with Crippen LogP contribution in [0.5, 0.6) is 0 Å². The molecule has 1 saturated carbocycles. The van der Waals surface area contributed by atoms with Crippen molar-refractivity contribution in [2.24, 2.45) is 11.3 Å². The smallest absolute Gasteiger partial charge is 0.296 e. The second-order valence-electron chi connectivity index (χ2n) is 10.7. The summed E-state index contributed by atoms with van der Waals surface area (Å²) in [4.78, 5) is 6.58. The van der Waals surface area contributed by atoms with Gasteiger partial charge in [0.1, 0.15) is 5.69 Å².